The summed E-state index contributed by atoms with van der Waals surface area (Å²) >= 11 is 0. The number of nitrogens with zero attached hydrogens (tertiary/aromatic N) is 1. The number of imide groups is 1. The third-order valence-electron chi connectivity index (χ3n) is 5.41. The number of benzene rings is 2. The van der Waals surface area contributed by atoms with Crippen LogP contribution >= 0.6 is 0 Å². The van der Waals surface area contributed by atoms with Crippen molar-refractivity contribution in [1.82, 2.24) is 10.2 Å². The van der Waals surface area contributed by atoms with Crippen molar-refractivity contribution in [2.24, 2.45) is 0 Å². The number of amides is 3. The summed E-state index contributed by atoms with van der Waals surface area (Å²) in [5, 5.41) is 2.81. The number of carbonyl (C=O) groups excluding carboxylic acids is 2. The average Bonchev–Trinajstić information content (AvgIpc) is 2.97. The van der Waals surface area contributed by atoms with Crippen LogP contribution in [0.2, 0.25) is 0 Å². The number of nitrogens with one attached hydrogen (secondary N) is 1. The van der Waals surface area contributed by atoms with Gasteiger partial charge in [0.05, 0.1) is 35.0 Å². The van der Waals surface area contributed by atoms with E-state index < -0.39 is 11.6 Å². The van der Waals surface area contributed by atoms with Gasteiger partial charge in [-0.25, -0.2) is 4.79 Å². The molecule has 1 aliphatic rings. The molecular weight excluding hydrogens is 388 g/mol. The summed E-state index contributed by atoms with van der Waals surface area (Å²) in [6, 6.07) is 8.28. The van der Waals surface area contributed by atoms with Crippen LogP contribution in [0, 0.1) is 6.92 Å². The summed E-state index contributed by atoms with van der Waals surface area (Å²) in [4.78, 5) is 27.2. The van der Waals surface area contributed by atoms with Gasteiger partial charge in [0.25, 0.3) is 5.91 Å². The van der Waals surface area contributed by atoms with Crippen LogP contribution < -0.4 is 24.3 Å². The topological polar surface area (TPSA) is 86.3 Å². The zero-order valence-electron chi connectivity index (χ0n) is 18.0. The highest BCUT2D eigenvalue weighted by molar-refractivity contribution is 6.07. The Morgan fingerprint density at radius 3 is 2.03 bits per heavy atom. The van der Waals surface area contributed by atoms with Crippen LogP contribution in [-0.2, 0) is 16.9 Å². The molecule has 30 heavy (non-hydrogen) atoms. The van der Waals surface area contributed by atoms with Crippen LogP contribution in [0.25, 0.3) is 0 Å². The zero-order chi connectivity index (χ0) is 22.1. The first kappa shape index (κ1) is 21.3. The lowest BCUT2D eigenvalue weighted by atomic mass is 9.91. The molecule has 1 unspecified atom stereocenters. The Labute approximate surface area is 175 Å². The number of ether oxygens (including phenoxy) is 4. The maximum absolute atomic E-state index is 13.3. The number of hydrogen-bond donors (Lipinski definition) is 1. The Morgan fingerprint density at radius 1 is 0.867 bits per heavy atom. The first-order valence-corrected chi connectivity index (χ1v) is 9.37. The van der Waals surface area contributed by atoms with Gasteiger partial charge in [-0.05, 0) is 54.8 Å². The van der Waals surface area contributed by atoms with Crippen LogP contribution in [0.15, 0.2) is 30.3 Å². The Bertz CT molecular complexity index is 990. The van der Waals surface area contributed by atoms with E-state index in [0.29, 0.717) is 28.6 Å². The molecule has 0 spiro atoms. The summed E-state index contributed by atoms with van der Waals surface area (Å²) in [5.74, 6) is 1.79. The summed E-state index contributed by atoms with van der Waals surface area (Å²) in [6.45, 7) is 3.68. The molecular formula is C22H26N2O6. The smallest absolute Gasteiger partial charge is 0.325 e. The molecule has 8 nitrogen and oxygen atoms in total. The zero-order valence-corrected chi connectivity index (χ0v) is 18.0. The second-order valence-electron chi connectivity index (χ2n) is 7.15. The quantitative estimate of drug-likeness (QED) is 0.701. The average molecular weight is 414 g/mol. The van der Waals surface area contributed by atoms with Gasteiger partial charge >= 0.3 is 6.03 Å². The summed E-state index contributed by atoms with van der Waals surface area (Å²) in [5.41, 5.74) is 1.05. The van der Waals surface area contributed by atoms with Gasteiger partial charge in [0.2, 0.25) is 0 Å². The number of urea groups is 1. The van der Waals surface area contributed by atoms with Gasteiger partial charge in [0, 0.05) is 0 Å². The molecule has 0 saturated carbocycles. The Kier molecular flexibility index (Phi) is 5.78. The van der Waals surface area contributed by atoms with E-state index in [9.17, 15) is 9.59 Å². The predicted octanol–water partition coefficient (Wildman–Crippen LogP) is 3.00. The molecule has 0 radical (unpaired) electrons. The van der Waals surface area contributed by atoms with Gasteiger partial charge < -0.3 is 24.3 Å². The van der Waals surface area contributed by atoms with Crippen LogP contribution in [0.1, 0.15) is 23.6 Å². The Morgan fingerprint density at radius 2 is 1.43 bits per heavy atom. The van der Waals surface area contributed by atoms with Crippen molar-refractivity contribution in [3.8, 4) is 23.0 Å². The van der Waals surface area contributed by atoms with Crippen molar-refractivity contribution in [3.05, 3.63) is 47.0 Å². The molecule has 1 fully saturated rings. The van der Waals surface area contributed by atoms with E-state index in [1.54, 1.807) is 45.4 Å². The molecule has 2 aromatic carbocycles. The van der Waals surface area contributed by atoms with E-state index >= 15 is 0 Å². The molecule has 1 N–H and O–H groups in total. The number of methoxy groups -OCH3 is 4. The Balaban J connectivity index is 1.93. The molecule has 0 aromatic heterocycles. The second-order valence-corrected chi connectivity index (χ2v) is 7.15. The maximum Gasteiger partial charge on any atom is 0.325 e. The van der Waals surface area contributed by atoms with Crippen molar-refractivity contribution in [2.45, 2.75) is 25.9 Å². The molecule has 1 saturated heterocycles. The second kappa shape index (κ2) is 8.14. The highest BCUT2D eigenvalue weighted by atomic mass is 16.5. The van der Waals surface area contributed by atoms with Crippen molar-refractivity contribution in [2.75, 3.05) is 28.4 Å². The van der Waals surface area contributed by atoms with Gasteiger partial charge in [0.15, 0.2) is 23.0 Å². The van der Waals surface area contributed by atoms with E-state index in [-0.39, 0.29) is 12.5 Å². The largest absolute Gasteiger partial charge is 0.493 e. The lowest BCUT2D eigenvalue weighted by molar-refractivity contribution is -0.131. The fourth-order valence-corrected chi connectivity index (χ4v) is 3.55. The molecule has 0 aliphatic carbocycles. The van der Waals surface area contributed by atoms with Crippen molar-refractivity contribution in [3.63, 3.8) is 0 Å². The maximum atomic E-state index is 13.3. The number of hydrogen-bond acceptors (Lipinski definition) is 6. The number of carbonyl (C=O) groups is 2. The Hall–Kier alpha value is -3.42. The van der Waals surface area contributed by atoms with E-state index in [1.165, 1.54) is 19.1 Å². The predicted molar refractivity (Wildman–Crippen MR) is 110 cm³/mol. The van der Waals surface area contributed by atoms with Crippen molar-refractivity contribution >= 4 is 11.9 Å². The third kappa shape index (κ3) is 3.49. The SMILES string of the molecule is COc1ccc(C2(C)NC(=O)N(Cc3cc(OC)c(OC)cc3C)C2=O)cc1OC. The fourth-order valence-electron chi connectivity index (χ4n) is 3.55. The van der Waals surface area contributed by atoms with Crippen LogP contribution in [0.5, 0.6) is 23.0 Å². The normalized spacial score (nSPS) is 18.3. The van der Waals surface area contributed by atoms with Crippen LogP contribution in [-0.4, -0.2) is 45.3 Å². The van der Waals surface area contributed by atoms with Gasteiger partial charge in [-0.2, -0.15) is 0 Å². The highest BCUT2D eigenvalue weighted by Crippen LogP contribution is 2.37. The summed E-state index contributed by atoms with van der Waals surface area (Å²) in [6.07, 6.45) is 0. The first-order chi connectivity index (χ1) is 14.3. The fraction of sp³-hybridized carbons (Fsp3) is 0.364. The standard InChI is InChI=1S/C22H26N2O6/c1-13-9-17(28-4)18(29-5)10-14(13)12-24-20(25)22(2,23-21(24)26)15-7-8-16(27-3)19(11-15)30-6/h7-11H,12H2,1-6H3,(H,23,26). The molecule has 160 valence electrons. The van der Waals surface area contributed by atoms with E-state index in [4.69, 9.17) is 18.9 Å². The minimum absolute atomic E-state index is 0.111. The van der Waals surface area contributed by atoms with Gasteiger partial charge in [-0.15, -0.1) is 0 Å². The van der Waals surface area contributed by atoms with E-state index in [2.05, 4.69) is 5.32 Å². The summed E-state index contributed by atoms with van der Waals surface area (Å²) in [7, 11) is 6.15. The third-order valence-corrected chi connectivity index (χ3v) is 5.41. The molecule has 0 bridgehead atoms. The molecule has 1 heterocycles. The van der Waals surface area contributed by atoms with Crippen molar-refractivity contribution in [1.29, 1.82) is 0 Å². The van der Waals surface area contributed by atoms with E-state index in [1.807, 2.05) is 13.0 Å². The monoisotopic (exact) mass is 414 g/mol. The first-order valence-electron chi connectivity index (χ1n) is 9.37. The molecule has 1 aliphatic heterocycles. The summed E-state index contributed by atoms with van der Waals surface area (Å²) < 4.78 is 21.3. The van der Waals surface area contributed by atoms with E-state index in [0.717, 1.165) is 11.1 Å². The van der Waals surface area contributed by atoms with Crippen LogP contribution in [0.4, 0.5) is 4.79 Å². The van der Waals surface area contributed by atoms with Gasteiger partial charge in [-0.3, -0.25) is 9.69 Å². The molecule has 8 heteroatoms. The highest BCUT2D eigenvalue weighted by Gasteiger charge is 2.49. The molecule has 3 amide bonds. The number of aryl methyl sites for hydroxylation is 1. The molecule has 2 aromatic rings. The molecule has 1 atom stereocenters. The minimum Gasteiger partial charge on any atom is -0.493 e. The van der Waals surface area contributed by atoms with Gasteiger partial charge in [-0.1, -0.05) is 6.07 Å². The molecule has 3 rings (SSSR count). The lowest BCUT2D eigenvalue weighted by Crippen LogP contribution is -2.40. The lowest BCUT2D eigenvalue weighted by Gasteiger charge is -2.23. The van der Waals surface area contributed by atoms with Crippen molar-refractivity contribution < 1.29 is 28.5 Å². The number of rotatable bonds is 7. The minimum atomic E-state index is -1.22. The van der Waals surface area contributed by atoms with Gasteiger partial charge in [0.1, 0.15) is 5.54 Å². The van der Waals surface area contributed by atoms with Crippen LogP contribution in [0.3, 0.4) is 0 Å².